The van der Waals surface area contributed by atoms with Crippen molar-refractivity contribution in [3.8, 4) is 11.1 Å². The quantitative estimate of drug-likeness (QED) is 0.299. The van der Waals surface area contributed by atoms with Crippen LogP contribution in [0, 0.1) is 5.92 Å². The number of halogens is 1. The first-order valence-electron chi connectivity index (χ1n) is 13.6. The maximum atomic E-state index is 13.5. The highest BCUT2D eigenvalue weighted by Crippen LogP contribution is 2.31. The molecule has 2 fully saturated rings. The average Bonchev–Trinajstić information content (AvgIpc) is 3.01. The van der Waals surface area contributed by atoms with Crippen molar-refractivity contribution in [1.82, 2.24) is 14.2 Å². The Morgan fingerprint density at radius 2 is 1.57 bits per heavy atom. The molecule has 1 amide bonds. The molecule has 2 aliphatic rings. The minimum Gasteiger partial charge on any atom is -0.367 e. The fraction of sp³-hybridized carbons (Fsp3) is 0.290. The number of carbonyl (C=O) groups excluding carboxylic acids is 1. The molecule has 0 spiro atoms. The summed E-state index contributed by atoms with van der Waals surface area (Å²) in [7, 11) is -3.70. The number of benzene rings is 3. The monoisotopic (exact) mass is 618 g/mol. The van der Waals surface area contributed by atoms with Gasteiger partial charge in [0.05, 0.1) is 16.3 Å². The third kappa shape index (κ3) is 5.25. The number of para-hydroxylation sites is 1. The van der Waals surface area contributed by atoms with Gasteiger partial charge in [0.2, 0.25) is 15.9 Å². The number of nitrogens with zero attached hydrogens (tertiary/aromatic N) is 4. The van der Waals surface area contributed by atoms with Crippen LogP contribution in [0.5, 0.6) is 0 Å². The van der Waals surface area contributed by atoms with E-state index in [4.69, 9.17) is 0 Å². The molecule has 0 N–H and O–H groups in total. The number of hydrogen-bond acceptors (Lipinski definition) is 5. The van der Waals surface area contributed by atoms with Crippen LogP contribution in [-0.4, -0.2) is 67.8 Å². The van der Waals surface area contributed by atoms with E-state index < -0.39 is 10.0 Å². The van der Waals surface area contributed by atoms with Crippen LogP contribution in [0.25, 0.3) is 22.0 Å². The maximum absolute atomic E-state index is 13.5. The van der Waals surface area contributed by atoms with E-state index in [1.165, 1.54) is 4.31 Å². The SMILES string of the molecule is O=C(C1CCCN(S(=O)(=O)c2ccc(-c3ccccc3Br)cc2)C1)N1CCN(c2ccnc3ccccc23)CC1. The van der Waals surface area contributed by atoms with E-state index in [0.717, 1.165) is 45.3 Å². The third-order valence-corrected chi connectivity index (χ3v) is 10.5. The van der Waals surface area contributed by atoms with E-state index in [-0.39, 0.29) is 23.3 Å². The van der Waals surface area contributed by atoms with Crippen molar-refractivity contribution in [2.24, 2.45) is 5.92 Å². The Morgan fingerprint density at radius 1 is 0.850 bits per heavy atom. The van der Waals surface area contributed by atoms with Gasteiger partial charge < -0.3 is 9.80 Å². The van der Waals surface area contributed by atoms with Crippen LogP contribution in [0.4, 0.5) is 5.69 Å². The van der Waals surface area contributed by atoms with Crippen LogP contribution in [0.15, 0.2) is 94.4 Å². The lowest BCUT2D eigenvalue weighted by atomic mass is 9.97. The van der Waals surface area contributed by atoms with Crippen molar-refractivity contribution in [3.05, 3.63) is 89.5 Å². The Balaban J connectivity index is 1.11. The summed E-state index contributed by atoms with van der Waals surface area (Å²) in [5.41, 5.74) is 4.05. The van der Waals surface area contributed by atoms with E-state index in [0.29, 0.717) is 32.5 Å². The molecule has 0 radical (unpaired) electrons. The van der Waals surface area contributed by atoms with Crippen molar-refractivity contribution in [2.45, 2.75) is 17.7 Å². The summed E-state index contributed by atoms with van der Waals surface area (Å²) in [5.74, 6) is -0.264. The van der Waals surface area contributed by atoms with Gasteiger partial charge in [-0.2, -0.15) is 4.31 Å². The number of piperidine rings is 1. The third-order valence-electron chi connectivity index (χ3n) is 7.97. The largest absolute Gasteiger partial charge is 0.367 e. The lowest BCUT2D eigenvalue weighted by Crippen LogP contribution is -2.53. The predicted octanol–water partition coefficient (Wildman–Crippen LogP) is 5.41. The Bertz CT molecular complexity index is 1630. The number of aromatic nitrogens is 1. The Kier molecular flexibility index (Phi) is 7.61. The number of rotatable bonds is 5. The normalized spacial score (nSPS) is 18.7. The van der Waals surface area contributed by atoms with Gasteiger partial charge in [-0.15, -0.1) is 0 Å². The number of piperazine rings is 1. The molecule has 6 rings (SSSR count). The molecular formula is C31H31BrN4O3S. The van der Waals surface area contributed by atoms with Crippen LogP contribution >= 0.6 is 15.9 Å². The number of sulfonamides is 1. The molecule has 40 heavy (non-hydrogen) atoms. The predicted molar refractivity (Wildman–Crippen MR) is 162 cm³/mol. The zero-order valence-electron chi connectivity index (χ0n) is 22.1. The molecule has 7 nitrogen and oxygen atoms in total. The Hall–Kier alpha value is -3.27. The van der Waals surface area contributed by atoms with Crippen LogP contribution in [-0.2, 0) is 14.8 Å². The molecule has 0 aliphatic carbocycles. The Labute approximate surface area is 243 Å². The maximum Gasteiger partial charge on any atom is 0.243 e. The van der Waals surface area contributed by atoms with Crippen molar-refractivity contribution in [1.29, 1.82) is 0 Å². The van der Waals surface area contributed by atoms with Gasteiger partial charge in [-0.05, 0) is 54.3 Å². The molecule has 1 atom stereocenters. The zero-order chi connectivity index (χ0) is 27.7. The molecule has 4 aromatic rings. The van der Waals surface area contributed by atoms with Gasteiger partial charge in [0, 0.05) is 61.0 Å². The van der Waals surface area contributed by atoms with Gasteiger partial charge in [0.1, 0.15) is 0 Å². The second-order valence-electron chi connectivity index (χ2n) is 10.4. The van der Waals surface area contributed by atoms with Gasteiger partial charge >= 0.3 is 0 Å². The zero-order valence-corrected chi connectivity index (χ0v) is 24.5. The van der Waals surface area contributed by atoms with Gasteiger partial charge in [0.25, 0.3) is 0 Å². The summed E-state index contributed by atoms with van der Waals surface area (Å²) in [5, 5.41) is 1.11. The smallest absolute Gasteiger partial charge is 0.243 e. The molecule has 2 saturated heterocycles. The van der Waals surface area contributed by atoms with Crippen LogP contribution < -0.4 is 4.90 Å². The van der Waals surface area contributed by atoms with Crippen molar-refractivity contribution >= 4 is 48.5 Å². The van der Waals surface area contributed by atoms with E-state index in [1.54, 1.807) is 12.1 Å². The molecular weight excluding hydrogens is 588 g/mol. The van der Waals surface area contributed by atoms with E-state index in [9.17, 15) is 13.2 Å². The molecule has 9 heteroatoms. The first-order chi connectivity index (χ1) is 19.4. The molecule has 3 heterocycles. The fourth-order valence-corrected chi connectivity index (χ4v) is 7.83. The van der Waals surface area contributed by atoms with Crippen LogP contribution in [0.1, 0.15) is 12.8 Å². The highest BCUT2D eigenvalue weighted by molar-refractivity contribution is 9.10. The summed E-state index contributed by atoms with van der Waals surface area (Å²) in [6.45, 7) is 3.37. The van der Waals surface area contributed by atoms with Gasteiger partial charge in [-0.25, -0.2) is 8.42 Å². The summed E-state index contributed by atoms with van der Waals surface area (Å²) in [4.78, 5) is 22.5. The standard InChI is InChI=1S/C31H31BrN4O3S/c32-28-9-3-1-7-26(28)23-11-13-25(14-12-23)40(38,39)36-17-5-6-24(22-36)31(37)35-20-18-34(19-21-35)30-15-16-33-29-10-4-2-8-27(29)30/h1-4,7-16,24H,5-6,17-22H2. The summed E-state index contributed by atoms with van der Waals surface area (Å²) in [6, 6.07) is 25.0. The summed E-state index contributed by atoms with van der Waals surface area (Å²) in [6.07, 6.45) is 3.22. The average molecular weight is 620 g/mol. The Morgan fingerprint density at radius 3 is 2.35 bits per heavy atom. The lowest BCUT2D eigenvalue weighted by molar-refractivity contribution is -0.137. The second-order valence-corrected chi connectivity index (χ2v) is 13.2. The first kappa shape index (κ1) is 26.9. The molecule has 206 valence electrons. The van der Waals surface area contributed by atoms with Crippen molar-refractivity contribution in [3.63, 3.8) is 0 Å². The van der Waals surface area contributed by atoms with E-state index in [2.05, 4.69) is 31.9 Å². The summed E-state index contributed by atoms with van der Waals surface area (Å²) >= 11 is 3.56. The van der Waals surface area contributed by atoms with Gasteiger partial charge in [-0.3, -0.25) is 9.78 Å². The fourth-order valence-electron chi connectivity index (χ4n) is 5.80. The number of carbonyl (C=O) groups is 1. The van der Waals surface area contributed by atoms with Crippen molar-refractivity contribution in [2.75, 3.05) is 44.2 Å². The minimum atomic E-state index is -3.70. The minimum absolute atomic E-state index is 0.0587. The van der Waals surface area contributed by atoms with E-state index >= 15 is 0 Å². The lowest BCUT2D eigenvalue weighted by Gasteiger charge is -2.39. The van der Waals surface area contributed by atoms with Crippen LogP contribution in [0.3, 0.4) is 0 Å². The first-order valence-corrected chi connectivity index (χ1v) is 15.9. The molecule has 3 aromatic carbocycles. The highest BCUT2D eigenvalue weighted by Gasteiger charge is 2.36. The van der Waals surface area contributed by atoms with Gasteiger partial charge in [0.15, 0.2) is 0 Å². The molecule has 1 aromatic heterocycles. The number of hydrogen-bond donors (Lipinski definition) is 0. The van der Waals surface area contributed by atoms with Crippen molar-refractivity contribution < 1.29 is 13.2 Å². The van der Waals surface area contributed by atoms with E-state index in [1.807, 2.05) is 71.8 Å². The molecule has 0 saturated carbocycles. The molecule has 1 unspecified atom stereocenters. The second kappa shape index (κ2) is 11.3. The van der Waals surface area contributed by atoms with Gasteiger partial charge in [-0.1, -0.05) is 64.5 Å². The topological polar surface area (TPSA) is 73.8 Å². The summed E-state index contributed by atoms with van der Waals surface area (Å²) < 4.78 is 29.5. The molecule has 2 aliphatic heterocycles. The number of pyridine rings is 1. The molecule has 0 bridgehead atoms. The number of amides is 1. The van der Waals surface area contributed by atoms with Crippen LogP contribution in [0.2, 0.25) is 0 Å². The highest BCUT2D eigenvalue weighted by atomic mass is 79.9. The number of fused-ring (bicyclic) bond motifs is 1. The number of anilines is 1.